The highest BCUT2D eigenvalue weighted by Gasteiger charge is 2.16. The molecule has 2 rings (SSSR count). The summed E-state index contributed by atoms with van der Waals surface area (Å²) in [7, 11) is 1.27. The van der Waals surface area contributed by atoms with E-state index in [1.165, 1.54) is 13.2 Å². The van der Waals surface area contributed by atoms with E-state index in [-0.39, 0.29) is 17.9 Å². The summed E-state index contributed by atoms with van der Waals surface area (Å²) in [5, 5.41) is 2.72. The third-order valence-electron chi connectivity index (χ3n) is 3.54. The number of rotatable bonds is 8. The van der Waals surface area contributed by atoms with Gasteiger partial charge in [-0.1, -0.05) is 42.1 Å². The Kier molecular flexibility index (Phi) is 7.40. The molecule has 8 heteroatoms. The highest BCUT2D eigenvalue weighted by Crippen LogP contribution is 2.18. The number of carbonyl (C=O) groups excluding carboxylic acids is 2. The number of amides is 1. The molecule has 1 heterocycles. The quantitative estimate of drug-likeness (QED) is 0.410. The Balaban J connectivity index is 1.89. The Hall–Kier alpha value is -2.61. The summed E-state index contributed by atoms with van der Waals surface area (Å²) in [4.78, 5) is 42.0. The van der Waals surface area contributed by atoms with Crippen LogP contribution in [-0.4, -0.2) is 40.7 Å². The maximum absolute atomic E-state index is 12.2. The summed E-state index contributed by atoms with van der Waals surface area (Å²) < 4.78 is 4.57. The number of H-pyrrole nitrogens is 1. The molecule has 2 N–H and O–H groups in total. The average Bonchev–Trinajstić information content (AvgIpc) is 2.61. The van der Waals surface area contributed by atoms with E-state index in [9.17, 15) is 14.4 Å². The maximum atomic E-state index is 12.2. The number of aromatic nitrogens is 2. The first-order valence-corrected chi connectivity index (χ1v) is 9.01. The van der Waals surface area contributed by atoms with E-state index in [0.29, 0.717) is 17.4 Å². The van der Waals surface area contributed by atoms with E-state index in [1.54, 1.807) is 6.92 Å². The van der Waals surface area contributed by atoms with Crippen molar-refractivity contribution in [2.45, 2.75) is 30.2 Å². The summed E-state index contributed by atoms with van der Waals surface area (Å²) in [5.41, 5.74) is 1.08. The van der Waals surface area contributed by atoms with Gasteiger partial charge in [0.05, 0.1) is 24.5 Å². The molecule has 0 bridgehead atoms. The van der Waals surface area contributed by atoms with Crippen molar-refractivity contribution in [1.82, 2.24) is 15.3 Å². The van der Waals surface area contributed by atoms with Gasteiger partial charge in [0.15, 0.2) is 5.16 Å². The molecule has 0 aliphatic rings. The lowest BCUT2D eigenvalue weighted by molar-refractivity contribution is -0.139. The second kappa shape index (κ2) is 9.76. The van der Waals surface area contributed by atoms with Gasteiger partial charge in [0.25, 0.3) is 5.56 Å². The Labute approximate surface area is 155 Å². The Morgan fingerprint density at radius 3 is 2.73 bits per heavy atom. The largest absolute Gasteiger partial charge is 0.469 e. The van der Waals surface area contributed by atoms with Gasteiger partial charge in [-0.25, -0.2) is 4.98 Å². The number of nitrogens with zero attached hydrogens (tertiary/aromatic N) is 1. The lowest BCUT2D eigenvalue weighted by atomic mass is 10.1. The van der Waals surface area contributed by atoms with E-state index in [4.69, 9.17) is 0 Å². The van der Waals surface area contributed by atoms with Gasteiger partial charge >= 0.3 is 5.97 Å². The van der Waals surface area contributed by atoms with Crippen LogP contribution in [0.1, 0.15) is 18.2 Å². The second-order valence-corrected chi connectivity index (χ2v) is 6.91. The summed E-state index contributed by atoms with van der Waals surface area (Å²) >= 11 is 1.13. The van der Waals surface area contributed by atoms with E-state index in [0.717, 1.165) is 23.7 Å². The first kappa shape index (κ1) is 19.7. The van der Waals surface area contributed by atoms with Crippen molar-refractivity contribution >= 4 is 23.6 Å². The Bertz CT molecular complexity index is 808. The standard InChI is InChI=1S/C18H21N3O4S/c1-12(17(24)19-9-8-13-6-4-3-5-7-13)26-18-20-14(10-15(22)21-18)11-16(23)25-2/h3-7,10,12H,8-9,11H2,1-2H3,(H,19,24)(H,20,21,22)/t12-/m0/s1. The molecule has 0 saturated carbocycles. The predicted molar refractivity (Wildman–Crippen MR) is 99.1 cm³/mol. The number of hydrogen-bond acceptors (Lipinski definition) is 6. The van der Waals surface area contributed by atoms with Crippen molar-refractivity contribution < 1.29 is 14.3 Å². The molecular weight excluding hydrogens is 354 g/mol. The number of nitrogens with one attached hydrogen (secondary N) is 2. The lowest BCUT2D eigenvalue weighted by Gasteiger charge is -2.12. The van der Waals surface area contributed by atoms with Crippen LogP contribution in [0.3, 0.4) is 0 Å². The van der Waals surface area contributed by atoms with Crippen LogP contribution >= 0.6 is 11.8 Å². The predicted octanol–water partition coefficient (Wildman–Crippen LogP) is 1.32. The molecule has 1 aromatic heterocycles. The lowest BCUT2D eigenvalue weighted by Crippen LogP contribution is -2.32. The molecule has 0 unspecified atom stereocenters. The topological polar surface area (TPSA) is 101 Å². The molecule has 0 saturated heterocycles. The number of aromatic amines is 1. The fourth-order valence-corrected chi connectivity index (χ4v) is 3.04. The van der Waals surface area contributed by atoms with E-state index >= 15 is 0 Å². The van der Waals surface area contributed by atoms with Gasteiger partial charge in [-0.05, 0) is 18.9 Å². The van der Waals surface area contributed by atoms with Gasteiger partial charge in [-0.3, -0.25) is 14.4 Å². The van der Waals surface area contributed by atoms with Crippen molar-refractivity contribution in [3.8, 4) is 0 Å². The van der Waals surface area contributed by atoms with Crippen molar-refractivity contribution in [2.24, 2.45) is 0 Å². The summed E-state index contributed by atoms with van der Waals surface area (Å²) in [6.45, 7) is 2.26. The van der Waals surface area contributed by atoms with Gasteiger partial charge in [0.1, 0.15) is 0 Å². The molecule has 138 valence electrons. The van der Waals surface area contributed by atoms with Gasteiger partial charge in [0.2, 0.25) is 5.91 Å². The zero-order valence-electron chi connectivity index (χ0n) is 14.7. The summed E-state index contributed by atoms with van der Waals surface area (Å²) in [6.07, 6.45) is 0.652. The van der Waals surface area contributed by atoms with Crippen LogP contribution in [0.4, 0.5) is 0 Å². The highest BCUT2D eigenvalue weighted by molar-refractivity contribution is 8.00. The van der Waals surface area contributed by atoms with Crippen LogP contribution < -0.4 is 10.9 Å². The number of hydrogen-bond donors (Lipinski definition) is 2. The van der Waals surface area contributed by atoms with Crippen LogP contribution in [-0.2, 0) is 27.2 Å². The maximum Gasteiger partial charge on any atom is 0.311 e. The minimum Gasteiger partial charge on any atom is -0.469 e. The van der Waals surface area contributed by atoms with Gasteiger partial charge in [-0.15, -0.1) is 0 Å². The molecule has 1 atom stereocenters. The molecule has 0 spiro atoms. The summed E-state index contributed by atoms with van der Waals surface area (Å²) in [6, 6.07) is 11.1. The molecule has 1 aromatic carbocycles. The van der Waals surface area contributed by atoms with E-state index in [1.807, 2.05) is 30.3 Å². The van der Waals surface area contributed by atoms with Crippen LogP contribution in [0.2, 0.25) is 0 Å². The van der Waals surface area contributed by atoms with Gasteiger partial charge in [-0.2, -0.15) is 0 Å². The van der Waals surface area contributed by atoms with Gasteiger partial charge < -0.3 is 15.0 Å². The first-order valence-electron chi connectivity index (χ1n) is 8.13. The molecule has 1 amide bonds. The smallest absolute Gasteiger partial charge is 0.311 e. The van der Waals surface area contributed by atoms with Crippen molar-refractivity contribution in [1.29, 1.82) is 0 Å². The number of methoxy groups -OCH3 is 1. The minimum atomic E-state index is -0.481. The van der Waals surface area contributed by atoms with Gasteiger partial charge in [0, 0.05) is 12.6 Å². The fraction of sp³-hybridized carbons (Fsp3) is 0.333. The average molecular weight is 375 g/mol. The summed E-state index contributed by atoms with van der Waals surface area (Å²) in [5.74, 6) is -0.627. The SMILES string of the molecule is COC(=O)Cc1cc(=O)[nH]c(S[C@@H](C)C(=O)NCCc2ccccc2)n1. The van der Waals surface area contributed by atoms with E-state index < -0.39 is 11.2 Å². The zero-order valence-corrected chi connectivity index (χ0v) is 15.5. The van der Waals surface area contributed by atoms with Crippen molar-refractivity contribution in [3.63, 3.8) is 0 Å². The number of thioether (sulfide) groups is 1. The number of benzene rings is 1. The molecule has 2 aromatic rings. The molecule has 0 aliphatic carbocycles. The Morgan fingerprint density at radius 2 is 2.04 bits per heavy atom. The highest BCUT2D eigenvalue weighted by atomic mass is 32.2. The van der Waals surface area contributed by atoms with Crippen LogP contribution in [0.25, 0.3) is 0 Å². The van der Waals surface area contributed by atoms with Crippen molar-refractivity contribution in [3.05, 3.63) is 58.0 Å². The minimum absolute atomic E-state index is 0.0916. The van der Waals surface area contributed by atoms with Crippen LogP contribution in [0, 0.1) is 0 Å². The number of carbonyl (C=O) groups is 2. The molecular formula is C18H21N3O4S. The monoisotopic (exact) mass is 375 g/mol. The molecule has 0 radical (unpaired) electrons. The molecule has 0 aliphatic heterocycles. The third kappa shape index (κ3) is 6.36. The Morgan fingerprint density at radius 1 is 1.31 bits per heavy atom. The normalized spacial score (nSPS) is 11.6. The molecule has 26 heavy (non-hydrogen) atoms. The van der Waals surface area contributed by atoms with Crippen molar-refractivity contribution in [2.75, 3.05) is 13.7 Å². The molecule has 7 nitrogen and oxygen atoms in total. The zero-order chi connectivity index (χ0) is 18.9. The number of esters is 1. The van der Waals surface area contributed by atoms with Crippen LogP contribution in [0.15, 0.2) is 46.3 Å². The second-order valence-electron chi connectivity index (χ2n) is 5.58. The number of ether oxygens (including phenoxy) is 1. The molecule has 0 fully saturated rings. The van der Waals surface area contributed by atoms with E-state index in [2.05, 4.69) is 20.0 Å². The van der Waals surface area contributed by atoms with Crippen LogP contribution in [0.5, 0.6) is 0 Å². The first-order chi connectivity index (χ1) is 12.5. The fourth-order valence-electron chi connectivity index (χ4n) is 2.19. The third-order valence-corrected chi connectivity index (χ3v) is 4.52.